The zero-order valence-electron chi connectivity index (χ0n) is 16.3. The molecule has 26 heavy (non-hydrogen) atoms. The van der Waals surface area contributed by atoms with Crippen molar-refractivity contribution in [2.24, 2.45) is 4.99 Å². The maximum absolute atomic E-state index is 12.1. The largest absolute Gasteiger partial charge is 0.359 e. The highest BCUT2D eigenvalue weighted by atomic mass is 16.5. The molecule has 0 unspecified atom stereocenters. The number of rotatable bonds is 8. The topological polar surface area (TPSA) is 91.6 Å². The third kappa shape index (κ3) is 7.06. The first kappa shape index (κ1) is 20.3. The minimum atomic E-state index is 0.108. The Morgan fingerprint density at radius 2 is 2.08 bits per heavy atom. The van der Waals surface area contributed by atoms with E-state index in [-0.39, 0.29) is 5.91 Å². The molecule has 0 atom stereocenters. The van der Waals surface area contributed by atoms with Crippen LogP contribution in [0.1, 0.15) is 76.7 Å². The van der Waals surface area contributed by atoms with Gasteiger partial charge in [-0.05, 0) is 25.7 Å². The molecule has 0 bridgehead atoms. The number of carbonyl (C=O) groups excluding carboxylic acids is 1. The molecular weight excluding hydrogens is 330 g/mol. The first-order valence-corrected chi connectivity index (χ1v) is 9.85. The van der Waals surface area contributed by atoms with Gasteiger partial charge in [-0.1, -0.05) is 38.3 Å². The molecule has 146 valence electrons. The van der Waals surface area contributed by atoms with E-state index in [9.17, 15) is 4.79 Å². The van der Waals surface area contributed by atoms with Crippen LogP contribution < -0.4 is 16.0 Å². The lowest BCUT2D eigenvalue weighted by Crippen LogP contribution is -2.41. The summed E-state index contributed by atoms with van der Waals surface area (Å²) < 4.78 is 5.30. The van der Waals surface area contributed by atoms with Crippen molar-refractivity contribution >= 4 is 11.9 Å². The van der Waals surface area contributed by atoms with Crippen molar-refractivity contribution in [3.05, 3.63) is 17.5 Å². The van der Waals surface area contributed by atoms with Gasteiger partial charge >= 0.3 is 0 Å². The van der Waals surface area contributed by atoms with Crippen LogP contribution in [-0.2, 0) is 11.3 Å². The van der Waals surface area contributed by atoms with Crippen molar-refractivity contribution in [2.75, 3.05) is 13.1 Å². The van der Waals surface area contributed by atoms with E-state index >= 15 is 0 Å². The molecule has 7 nitrogen and oxygen atoms in total. The molecule has 1 amide bonds. The number of hydrogen-bond acceptors (Lipinski definition) is 4. The number of hydrogen-bond donors (Lipinski definition) is 3. The Balaban J connectivity index is 1.74. The van der Waals surface area contributed by atoms with Gasteiger partial charge in [-0.15, -0.1) is 0 Å². The predicted molar refractivity (Wildman–Crippen MR) is 103 cm³/mol. The molecule has 3 N–H and O–H groups in total. The van der Waals surface area contributed by atoms with E-state index in [1.54, 1.807) is 0 Å². The van der Waals surface area contributed by atoms with Crippen LogP contribution in [0.3, 0.4) is 0 Å². The summed E-state index contributed by atoms with van der Waals surface area (Å²) in [6.45, 7) is 7.90. The minimum Gasteiger partial charge on any atom is -0.359 e. The SMILES string of the molecule is CCNC(=NCc1cc(C(C)C)no1)NCCC(=O)NC1CCCCC1. The predicted octanol–water partition coefficient (Wildman–Crippen LogP) is 2.69. The lowest BCUT2D eigenvalue weighted by Gasteiger charge is -2.22. The highest BCUT2D eigenvalue weighted by molar-refractivity contribution is 5.81. The fraction of sp³-hybridized carbons (Fsp3) is 0.737. The number of aromatic nitrogens is 1. The second-order valence-electron chi connectivity index (χ2n) is 7.15. The van der Waals surface area contributed by atoms with Crippen LogP contribution in [0.4, 0.5) is 0 Å². The van der Waals surface area contributed by atoms with Crippen molar-refractivity contribution in [1.82, 2.24) is 21.1 Å². The number of amides is 1. The summed E-state index contributed by atoms with van der Waals surface area (Å²) in [7, 11) is 0. The number of nitrogens with zero attached hydrogens (tertiary/aromatic N) is 2. The normalized spacial score (nSPS) is 15.9. The van der Waals surface area contributed by atoms with Crippen molar-refractivity contribution in [3.8, 4) is 0 Å². The van der Waals surface area contributed by atoms with Crippen molar-refractivity contribution in [2.45, 2.75) is 77.8 Å². The molecule has 1 saturated carbocycles. The summed E-state index contributed by atoms with van der Waals surface area (Å²) in [4.78, 5) is 16.6. The molecule has 1 aromatic rings. The Bertz CT molecular complexity index is 576. The van der Waals surface area contributed by atoms with E-state index in [4.69, 9.17) is 4.52 Å². The highest BCUT2D eigenvalue weighted by Gasteiger charge is 2.15. The third-order valence-corrected chi connectivity index (χ3v) is 4.52. The quantitative estimate of drug-likeness (QED) is 0.488. The smallest absolute Gasteiger partial charge is 0.221 e. The second-order valence-corrected chi connectivity index (χ2v) is 7.15. The molecule has 1 heterocycles. The molecule has 2 rings (SSSR count). The maximum Gasteiger partial charge on any atom is 0.221 e. The molecule has 1 fully saturated rings. The van der Waals surface area contributed by atoms with Gasteiger partial charge < -0.3 is 20.5 Å². The molecule has 7 heteroatoms. The number of aliphatic imine (C=N–C) groups is 1. The summed E-state index contributed by atoms with van der Waals surface area (Å²) in [5.74, 6) is 1.86. The van der Waals surface area contributed by atoms with E-state index in [1.807, 2.05) is 13.0 Å². The van der Waals surface area contributed by atoms with Gasteiger partial charge in [0.15, 0.2) is 11.7 Å². The van der Waals surface area contributed by atoms with E-state index < -0.39 is 0 Å². The summed E-state index contributed by atoms with van der Waals surface area (Å²) in [6, 6.07) is 2.30. The van der Waals surface area contributed by atoms with E-state index in [1.165, 1.54) is 19.3 Å². The second kappa shape index (κ2) is 10.8. The fourth-order valence-electron chi connectivity index (χ4n) is 3.02. The zero-order valence-corrected chi connectivity index (χ0v) is 16.3. The van der Waals surface area contributed by atoms with Gasteiger partial charge in [0, 0.05) is 31.6 Å². The van der Waals surface area contributed by atoms with Gasteiger partial charge in [-0.2, -0.15) is 0 Å². The van der Waals surface area contributed by atoms with Crippen LogP contribution in [0.25, 0.3) is 0 Å². The van der Waals surface area contributed by atoms with Crippen LogP contribution in [0.15, 0.2) is 15.6 Å². The van der Waals surface area contributed by atoms with Crippen LogP contribution in [0, 0.1) is 0 Å². The molecule has 0 aromatic carbocycles. The summed E-state index contributed by atoms with van der Waals surface area (Å²) in [5, 5.41) is 13.6. The van der Waals surface area contributed by atoms with E-state index in [2.05, 4.69) is 39.9 Å². The minimum absolute atomic E-state index is 0.108. The van der Waals surface area contributed by atoms with Crippen LogP contribution in [0.5, 0.6) is 0 Å². The van der Waals surface area contributed by atoms with E-state index in [0.29, 0.717) is 37.4 Å². The number of nitrogens with one attached hydrogen (secondary N) is 3. The maximum atomic E-state index is 12.1. The lowest BCUT2D eigenvalue weighted by molar-refractivity contribution is -0.121. The van der Waals surface area contributed by atoms with Crippen LogP contribution in [0.2, 0.25) is 0 Å². The third-order valence-electron chi connectivity index (χ3n) is 4.52. The first-order chi connectivity index (χ1) is 12.6. The average Bonchev–Trinajstić information content (AvgIpc) is 3.10. The lowest BCUT2D eigenvalue weighted by atomic mass is 9.95. The first-order valence-electron chi connectivity index (χ1n) is 9.85. The standard InChI is InChI=1S/C19H33N5O2/c1-4-20-19(22-13-16-12-17(14(2)3)24-26-16)21-11-10-18(25)23-15-8-6-5-7-9-15/h12,14-15H,4-11,13H2,1-3H3,(H,23,25)(H2,20,21,22). The molecular formula is C19H33N5O2. The van der Waals surface area contributed by atoms with Gasteiger partial charge in [0.25, 0.3) is 0 Å². The van der Waals surface area contributed by atoms with Gasteiger partial charge in [-0.25, -0.2) is 4.99 Å². The molecule has 0 saturated heterocycles. The Morgan fingerprint density at radius 1 is 1.31 bits per heavy atom. The molecule has 0 radical (unpaired) electrons. The fourth-order valence-corrected chi connectivity index (χ4v) is 3.02. The zero-order chi connectivity index (χ0) is 18.8. The van der Waals surface area contributed by atoms with Gasteiger partial charge in [0.05, 0.1) is 5.69 Å². The highest BCUT2D eigenvalue weighted by Crippen LogP contribution is 2.17. The van der Waals surface area contributed by atoms with Gasteiger partial charge in [0.1, 0.15) is 6.54 Å². The molecule has 1 aliphatic rings. The van der Waals surface area contributed by atoms with Crippen molar-refractivity contribution in [1.29, 1.82) is 0 Å². The Morgan fingerprint density at radius 3 is 2.73 bits per heavy atom. The summed E-state index contributed by atoms with van der Waals surface area (Å²) >= 11 is 0. The van der Waals surface area contributed by atoms with Crippen LogP contribution >= 0.6 is 0 Å². The van der Waals surface area contributed by atoms with Gasteiger partial charge in [-0.3, -0.25) is 4.79 Å². The van der Waals surface area contributed by atoms with E-state index in [0.717, 1.165) is 30.8 Å². The van der Waals surface area contributed by atoms with Crippen molar-refractivity contribution < 1.29 is 9.32 Å². The molecule has 1 aliphatic carbocycles. The van der Waals surface area contributed by atoms with Crippen LogP contribution in [-0.4, -0.2) is 36.2 Å². The Labute approximate surface area is 156 Å². The summed E-state index contributed by atoms with van der Waals surface area (Å²) in [5.41, 5.74) is 0.938. The molecule has 0 aliphatic heterocycles. The number of guanidine groups is 1. The number of carbonyl (C=O) groups is 1. The molecule has 1 aromatic heterocycles. The summed E-state index contributed by atoms with van der Waals surface area (Å²) in [6.07, 6.45) is 6.40. The van der Waals surface area contributed by atoms with Crippen molar-refractivity contribution in [3.63, 3.8) is 0 Å². The Kier molecular flexibility index (Phi) is 8.44. The monoisotopic (exact) mass is 363 g/mol. The van der Waals surface area contributed by atoms with Gasteiger partial charge in [0.2, 0.25) is 5.91 Å². The average molecular weight is 364 g/mol. The molecule has 0 spiro atoms. The Hall–Kier alpha value is -2.05.